The molecular formula is C24H28N4O2. The third-order valence-electron chi connectivity index (χ3n) is 5.82. The number of aromatic nitrogens is 2. The van der Waals surface area contributed by atoms with Crippen LogP contribution >= 0.6 is 0 Å². The highest BCUT2D eigenvalue weighted by Gasteiger charge is 2.27. The fourth-order valence-corrected chi connectivity index (χ4v) is 4.01. The van der Waals surface area contributed by atoms with E-state index in [-0.39, 0.29) is 0 Å². The van der Waals surface area contributed by atoms with E-state index >= 15 is 0 Å². The fraction of sp³-hybridized carbons (Fsp3) is 0.333. The number of hydrazine groups is 1. The predicted octanol–water partition coefficient (Wildman–Crippen LogP) is 4.38. The monoisotopic (exact) mass is 404 g/mol. The summed E-state index contributed by atoms with van der Waals surface area (Å²) in [6, 6.07) is 12.3. The number of aldehydes is 1. The Kier molecular flexibility index (Phi) is 5.35. The van der Waals surface area contributed by atoms with E-state index in [4.69, 9.17) is 10.6 Å². The molecule has 0 atom stereocenters. The van der Waals surface area contributed by atoms with Gasteiger partial charge >= 0.3 is 0 Å². The zero-order valence-corrected chi connectivity index (χ0v) is 18.0. The van der Waals surface area contributed by atoms with Gasteiger partial charge in [0.25, 0.3) is 0 Å². The van der Waals surface area contributed by atoms with E-state index in [1.165, 1.54) is 18.4 Å². The van der Waals surface area contributed by atoms with Gasteiger partial charge in [0.1, 0.15) is 12.4 Å². The van der Waals surface area contributed by atoms with E-state index in [1.807, 2.05) is 52.1 Å². The van der Waals surface area contributed by atoms with E-state index < -0.39 is 0 Å². The Morgan fingerprint density at radius 2 is 2.00 bits per heavy atom. The second-order valence-electron chi connectivity index (χ2n) is 8.08. The molecule has 6 heteroatoms. The Morgan fingerprint density at radius 3 is 2.60 bits per heavy atom. The van der Waals surface area contributed by atoms with Crippen molar-refractivity contribution in [3.8, 4) is 11.4 Å². The Morgan fingerprint density at radius 1 is 1.23 bits per heavy atom. The smallest absolute Gasteiger partial charge is 0.153 e. The Hall–Kier alpha value is -3.12. The van der Waals surface area contributed by atoms with Crippen molar-refractivity contribution in [2.24, 2.45) is 5.84 Å². The number of nitrogens with zero attached hydrogens (tertiary/aromatic N) is 3. The van der Waals surface area contributed by atoms with Gasteiger partial charge in [0.2, 0.25) is 0 Å². The summed E-state index contributed by atoms with van der Waals surface area (Å²) in [5, 5.41) is 6.17. The van der Waals surface area contributed by atoms with Gasteiger partial charge in [0.05, 0.1) is 28.3 Å². The molecule has 0 aliphatic heterocycles. The van der Waals surface area contributed by atoms with Crippen LogP contribution in [0.4, 0.5) is 5.69 Å². The van der Waals surface area contributed by atoms with Crippen molar-refractivity contribution in [3.05, 3.63) is 70.0 Å². The minimum Gasteiger partial charge on any atom is -0.489 e. The van der Waals surface area contributed by atoms with Crippen LogP contribution in [0.3, 0.4) is 0 Å². The summed E-state index contributed by atoms with van der Waals surface area (Å²) < 4.78 is 8.04. The number of anilines is 1. The van der Waals surface area contributed by atoms with Crippen LogP contribution in [-0.4, -0.2) is 23.1 Å². The molecule has 1 aliphatic carbocycles. The fourth-order valence-electron chi connectivity index (χ4n) is 4.01. The first-order valence-electron chi connectivity index (χ1n) is 10.3. The van der Waals surface area contributed by atoms with Gasteiger partial charge in [0, 0.05) is 12.6 Å². The Labute approximate surface area is 177 Å². The molecule has 1 aromatic heterocycles. The third kappa shape index (κ3) is 3.71. The molecule has 1 heterocycles. The van der Waals surface area contributed by atoms with Gasteiger partial charge in [-0.25, -0.2) is 10.5 Å². The van der Waals surface area contributed by atoms with Crippen LogP contribution in [0.15, 0.2) is 36.4 Å². The molecule has 0 unspecified atom stereocenters. The summed E-state index contributed by atoms with van der Waals surface area (Å²) in [7, 11) is 1.86. The molecule has 0 saturated heterocycles. The van der Waals surface area contributed by atoms with Crippen molar-refractivity contribution in [1.82, 2.24) is 9.78 Å². The van der Waals surface area contributed by atoms with Crippen LogP contribution < -0.4 is 15.6 Å². The molecule has 1 fully saturated rings. The number of carbonyl (C=O) groups is 1. The van der Waals surface area contributed by atoms with E-state index in [0.717, 1.165) is 45.9 Å². The molecule has 3 aromatic rings. The van der Waals surface area contributed by atoms with E-state index in [9.17, 15) is 4.79 Å². The number of nitrogens with two attached hydrogens (primary N) is 1. The van der Waals surface area contributed by atoms with Gasteiger partial charge in [-0.05, 0) is 74.9 Å². The highest BCUT2D eigenvalue weighted by Crippen LogP contribution is 2.43. The summed E-state index contributed by atoms with van der Waals surface area (Å²) in [4.78, 5) is 11.3. The van der Waals surface area contributed by atoms with Crippen molar-refractivity contribution in [1.29, 1.82) is 0 Å². The molecule has 0 bridgehead atoms. The SMILES string of the molecule is Cc1cc(-n2nc(C)c(C=O)c2C)ccc1OCc1c(C2CC2)cccc1N(C)N. The molecule has 0 radical (unpaired) electrons. The number of aryl methyl sites for hydroxylation is 2. The first kappa shape index (κ1) is 20.2. The molecular weight excluding hydrogens is 376 g/mol. The number of carbonyl (C=O) groups excluding carboxylic acids is 1. The normalized spacial score (nSPS) is 13.4. The van der Waals surface area contributed by atoms with Crippen molar-refractivity contribution in [2.75, 3.05) is 12.1 Å². The third-order valence-corrected chi connectivity index (χ3v) is 5.82. The standard InChI is InChI=1S/C24H28N4O2/c1-15-12-19(28-17(3)21(13-29)16(2)26-28)10-11-24(15)30-14-22-20(18-8-9-18)6-5-7-23(22)27(4)25/h5-7,10-13,18H,8-9,14,25H2,1-4H3. The van der Waals surface area contributed by atoms with Crippen LogP contribution in [0.1, 0.15) is 57.2 Å². The Balaban J connectivity index is 1.60. The van der Waals surface area contributed by atoms with E-state index in [0.29, 0.717) is 18.1 Å². The maximum Gasteiger partial charge on any atom is 0.153 e. The maximum atomic E-state index is 11.3. The highest BCUT2D eigenvalue weighted by molar-refractivity contribution is 5.78. The molecule has 30 heavy (non-hydrogen) atoms. The van der Waals surface area contributed by atoms with Crippen molar-refractivity contribution in [2.45, 2.75) is 46.1 Å². The molecule has 2 aromatic carbocycles. The van der Waals surface area contributed by atoms with Crippen LogP contribution in [-0.2, 0) is 6.61 Å². The lowest BCUT2D eigenvalue weighted by atomic mass is 10.0. The summed E-state index contributed by atoms with van der Waals surface area (Å²) in [6.07, 6.45) is 3.32. The lowest BCUT2D eigenvalue weighted by Crippen LogP contribution is -2.27. The largest absolute Gasteiger partial charge is 0.489 e. The minimum absolute atomic E-state index is 0.471. The maximum absolute atomic E-state index is 11.3. The van der Waals surface area contributed by atoms with Gasteiger partial charge in [-0.3, -0.25) is 4.79 Å². The summed E-state index contributed by atoms with van der Waals surface area (Å²) in [6.45, 7) is 6.25. The number of hydrogen-bond acceptors (Lipinski definition) is 5. The summed E-state index contributed by atoms with van der Waals surface area (Å²) >= 11 is 0. The Bertz CT molecular complexity index is 1080. The van der Waals surface area contributed by atoms with Crippen molar-refractivity contribution >= 4 is 12.0 Å². The number of benzene rings is 2. The lowest BCUT2D eigenvalue weighted by Gasteiger charge is -2.21. The zero-order valence-electron chi connectivity index (χ0n) is 18.0. The van der Waals surface area contributed by atoms with Crippen molar-refractivity contribution in [3.63, 3.8) is 0 Å². The van der Waals surface area contributed by atoms with Crippen LogP contribution in [0, 0.1) is 20.8 Å². The molecule has 0 spiro atoms. The molecule has 2 N–H and O–H groups in total. The van der Waals surface area contributed by atoms with E-state index in [2.05, 4.69) is 17.2 Å². The lowest BCUT2D eigenvalue weighted by molar-refractivity contribution is 0.112. The van der Waals surface area contributed by atoms with Gasteiger partial charge in [-0.15, -0.1) is 0 Å². The van der Waals surface area contributed by atoms with Gasteiger partial charge < -0.3 is 9.75 Å². The molecule has 156 valence electrons. The second-order valence-corrected chi connectivity index (χ2v) is 8.08. The van der Waals surface area contributed by atoms with Crippen LogP contribution in [0.2, 0.25) is 0 Å². The molecule has 1 saturated carbocycles. The van der Waals surface area contributed by atoms with Crippen LogP contribution in [0.25, 0.3) is 5.69 Å². The summed E-state index contributed by atoms with van der Waals surface area (Å²) in [5.41, 5.74) is 7.63. The average molecular weight is 405 g/mol. The predicted molar refractivity (Wildman–Crippen MR) is 119 cm³/mol. The van der Waals surface area contributed by atoms with E-state index in [1.54, 1.807) is 9.69 Å². The summed E-state index contributed by atoms with van der Waals surface area (Å²) in [5.74, 6) is 7.51. The van der Waals surface area contributed by atoms with Gasteiger partial charge in [-0.2, -0.15) is 5.10 Å². The second kappa shape index (κ2) is 7.95. The number of hydrogen-bond donors (Lipinski definition) is 1. The average Bonchev–Trinajstić information content (AvgIpc) is 3.52. The van der Waals surface area contributed by atoms with Gasteiger partial charge in [0.15, 0.2) is 6.29 Å². The quantitative estimate of drug-likeness (QED) is 0.359. The minimum atomic E-state index is 0.471. The molecule has 6 nitrogen and oxygen atoms in total. The first-order valence-corrected chi connectivity index (χ1v) is 10.3. The topological polar surface area (TPSA) is 73.4 Å². The van der Waals surface area contributed by atoms with Crippen molar-refractivity contribution < 1.29 is 9.53 Å². The first-order chi connectivity index (χ1) is 14.4. The zero-order chi connectivity index (χ0) is 21.4. The highest BCUT2D eigenvalue weighted by atomic mass is 16.5. The van der Waals surface area contributed by atoms with Gasteiger partial charge in [-0.1, -0.05) is 12.1 Å². The molecule has 1 aliphatic rings. The number of rotatable bonds is 7. The number of ether oxygens (including phenoxy) is 1. The van der Waals surface area contributed by atoms with Crippen LogP contribution in [0.5, 0.6) is 5.75 Å². The molecule has 0 amide bonds. The molecule has 4 rings (SSSR count).